The Kier molecular flexibility index (Phi) is 6.35. The zero-order valence-electron chi connectivity index (χ0n) is 15.7. The van der Waals surface area contributed by atoms with E-state index in [-0.39, 0.29) is 5.91 Å². The van der Waals surface area contributed by atoms with E-state index in [2.05, 4.69) is 29.4 Å². The molecule has 0 bridgehead atoms. The molecule has 0 aromatic heterocycles. The second-order valence-electron chi connectivity index (χ2n) is 7.75. The number of hydrogen-bond donors (Lipinski definition) is 1. The predicted octanol–water partition coefficient (Wildman–Crippen LogP) is 3.53. The quantitative estimate of drug-likeness (QED) is 0.858. The average Bonchev–Trinajstić information content (AvgIpc) is 2.65. The van der Waals surface area contributed by atoms with Gasteiger partial charge in [0.15, 0.2) is 0 Å². The predicted molar refractivity (Wildman–Crippen MR) is 101 cm³/mol. The van der Waals surface area contributed by atoms with Gasteiger partial charge in [0.2, 0.25) is 5.91 Å². The SMILES string of the molecule is COc1ccc2c(c1)CC(CNC(=O)CCC1CCCCC1)N(C)C2. The molecular formula is C21H32N2O2. The first kappa shape index (κ1) is 18.2. The van der Waals surface area contributed by atoms with Gasteiger partial charge in [0.25, 0.3) is 0 Å². The summed E-state index contributed by atoms with van der Waals surface area (Å²) in [5, 5.41) is 3.17. The molecule has 1 fully saturated rings. The van der Waals surface area contributed by atoms with Crippen molar-refractivity contribution in [2.45, 2.75) is 64.0 Å². The lowest BCUT2D eigenvalue weighted by atomic mass is 9.86. The number of carbonyl (C=O) groups is 1. The molecule has 3 rings (SSSR count). The summed E-state index contributed by atoms with van der Waals surface area (Å²) in [6, 6.07) is 6.68. The van der Waals surface area contributed by atoms with Gasteiger partial charge < -0.3 is 10.1 Å². The van der Waals surface area contributed by atoms with E-state index in [4.69, 9.17) is 4.74 Å². The maximum atomic E-state index is 12.2. The number of nitrogens with zero attached hydrogens (tertiary/aromatic N) is 1. The summed E-state index contributed by atoms with van der Waals surface area (Å²) >= 11 is 0. The summed E-state index contributed by atoms with van der Waals surface area (Å²) < 4.78 is 5.35. The van der Waals surface area contributed by atoms with Crippen LogP contribution in [0.3, 0.4) is 0 Å². The molecule has 1 aromatic carbocycles. The van der Waals surface area contributed by atoms with Gasteiger partial charge in [0.05, 0.1) is 7.11 Å². The topological polar surface area (TPSA) is 41.6 Å². The number of likely N-dealkylation sites (N-methyl/N-ethyl adjacent to an activating group) is 1. The van der Waals surface area contributed by atoms with Crippen molar-refractivity contribution in [1.82, 2.24) is 10.2 Å². The van der Waals surface area contributed by atoms with Crippen molar-refractivity contribution in [3.05, 3.63) is 29.3 Å². The number of methoxy groups -OCH3 is 1. The van der Waals surface area contributed by atoms with Crippen LogP contribution in [0.1, 0.15) is 56.1 Å². The molecule has 1 saturated carbocycles. The van der Waals surface area contributed by atoms with Gasteiger partial charge >= 0.3 is 0 Å². The van der Waals surface area contributed by atoms with Crippen LogP contribution in [-0.4, -0.2) is 37.6 Å². The van der Waals surface area contributed by atoms with Crippen molar-refractivity contribution < 1.29 is 9.53 Å². The Hall–Kier alpha value is -1.55. The van der Waals surface area contributed by atoms with Crippen LogP contribution >= 0.6 is 0 Å². The molecular weight excluding hydrogens is 312 g/mol. The molecule has 1 atom stereocenters. The molecule has 4 heteroatoms. The van der Waals surface area contributed by atoms with E-state index in [1.165, 1.54) is 43.2 Å². The van der Waals surface area contributed by atoms with Crippen LogP contribution in [-0.2, 0) is 17.8 Å². The summed E-state index contributed by atoms with van der Waals surface area (Å²) in [6.45, 7) is 1.67. The number of amides is 1. The Morgan fingerprint density at radius 3 is 2.80 bits per heavy atom. The first-order valence-corrected chi connectivity index (χ1v) is 9.78. The smallest absolute Gasteiger partial charge is 0.220 e. The molecule has 0 spiro atoms. The van der Waals surface area contributed by atoms with Crippen LogP contribution < -0.4 is 10.1 Å². The number of hydrogen-bond acceptors (Lipinski definition) is 3. The lowest BCUT2D eigenvalue weighted by molar-refractivity contribution is -0.121. The molecule has 1 aliphatic heterocycles. The Morgan fingerprint density at radius 1 is 1.24 bits per heavy atom. The lowest BCUT2D eigenvalue weighted by Gasteiger charge is -2.34. The number of ether oxygens (including phenoxy) is 1. The summed E-state index contributed by atoms with van der Waals surface area (Å²) in [4.78, 5) is 14.6. The molecule has 1 N–H and O–H groups in total. The highest BCUT2D eigenvalue weighted by Crippen LogP contribution is 2.28. The van der Waals surface area contributed by atoms with Gasteiger partial charge in [-0.15, -0.1) is 0 Å². The highest BCUT2D eigenvalue weighted by atomic mass is 16.5. The van der Waals surface area contributed by atoms with Crippen LogP contribution in [0.15, 0.2) is 18.2 Å². The molecule has 138 valence electrons. The van der Waals surface area contributed by atoms with E-state index in [0.717, 1.165) is 37.6 Å². The largest absolute Gasteiger partial charge is 0.497 e. The number of carbonyl (C=O) groups excluding carboxylic acids is 1. The zero-order valence-corrected chi connectivity index (χ0v) is 15.7. The molecule has 4 nitrogen and oxygen atoms in total. The fourth-order valence-corrected chi connectivity index (χ4v) is 4.24. The van der Waals surface area contributed by atoms with Crippen molar-refractivity contribution in [2.75, 3.05) is 20.7 Å². The molecule has 1 unspecified atom stereocenters. The second kappa shape index (κ2) is 8.70. The zero-order chi connectivity index (χ0) is 17.6. The molecule has 1 amide bonds. The average molecular weight is 344 g/mol. The van der Waals surface area contributed by atoms with Gasteiger partial charge in [-0.25, -0.2) is 0 Å². The first-order valence-electron chi connectivity index (χ1n) is 9.78. The minimum Gasteiger partial charge on any atom is -0.497 e. The van der Waals surface area contributed by atoms with E-state index < -0.39 is 0 Å². The van der Waals surface area contributed by atoms with E-state index in [1.807, 2.05) is 6.07 Å². The minimum absolute atomic E-state index is 0.218. The fourth-order valence-electron chi connectivity index (χ4n) is 4.24. The Balaban J connectivity index is 1.46. The monoisotopic (exact) mass is 344 g/mol. The summed E-state index contributed by atoms with van der Waals surface area (Å²) in [5.74, 6) is 1.91. The minimum atomic E-state index is 0.218. The summed E-state index contributed by atoms with van der Waals surface area (Å²) in [6.07, 6.45) is 9.42. The van der Waals surface area contributed by atoms with Gasteiger partial charge in [-0.05, 0) is 49.1 Å². The lowest BCUT2D eigenvalue weighted by Crippen LogP contribution is -2.45. The standard InChI is InChI=1S/C21H32N2O2/c1-23-15-17-9-10-20(25-2)13-18(17)12-19(23)14-22-21(24)11-8-16-6-4-3-5-7-16/h9-10,13,16,19H,3-8,11-12,14-15H2,1-2H3,(H,22,24). The maximum Gasteiger partial charge on any atom is 0.220 e. The Morgan fingerprint density at radius 2 is 2.04 bits per heavy atom. The summed E-state index contributed by atoms with van der Waals surface area (Å²) in [5.41, 5.74) is 2.71. The molecule has 25 heavy (non-hydrogen) atoms. The first-order chi connectivity index (χ1) is 12.2. The highest BCUT2D eigenvalue weighted by Gasteiger charge is 2.24. The van der Waals surface area contributed by atoms with Gasteiger partial charge in [-0.3, -0.25) is 9.69 Å². The Labute approximate surface area is 151 Å². The van der Waals surface area contributed by atoms with Crippen molar-refractivity contribution in [3.63, 3.8) is 0 Å². The normalized spacial score (nSPS) is 21.6. The van der Waals surface area contributed by atoms with E-state index in [9.17, 15) is 4.79 Å². The number of rotatable bonds is 6. The molecule has 1 aliphatic carbocycles. The van der Waals surface area contributed by atoms with E-state index in [0.29, 0.717) is 12.5 Å². The van der Waals surface area contributed by atoms with Crippen molar-refractivity contribution in [2.24, 2.45) is 5.92 Å². The van der Waals surface area contributed by atoms with Crippen molar-refractivity contribution in [1.29, 1.82) is 0 Å². The van der Waals surface area contributed by atoms with Gasteiger partial charge in [0, 0.05) is 25.6 Å². The highest BCUT2D eigenvalue weighted by molar-refractivity contribution is 5.75. The summed E-state index contributed by atoms with van der Waals surface area (Å²) in [7, 11) is 3.85. The molecule has 0 radical (unpaired) electrons. The maximum absolute atomic E-state index is 12.2. The van der Waals surface area contributed by atoms with Crippen LogP contribution in [0.2, 0.25) is 0 Å². The van der Waals surface area contributed by atoms with Gasteiger partial charge in [-0.1, -0.05) is 38.2 Å². The fraction of sp³-hybridized carbons (Fsp3) is 0.667. The number of benzene rings is 1. The number of fused-ring (bicyclic) bond motifs is 1. The molecule has 0 saturated heterocycles. The van der Waals surface area contributed by atoms with Crippen LogP contribution in [0, 0.1) is 5.92 Å². The Bertz CT molecular complexity index is 581. The van der Waals surface area contributed by atoms with Crippen LogP contribution in [0.4, 0.5) is 0 Å². The van der Waals surface area contributed by atoms with Crippen molar-refractivity contribution in [3.8, 4) is 5.75 Å². The van der Waals surface area contributed by atoms with Gasteiger partial charge in [-0.2, -0.15) is 0 Å². The third kappa shape index (κ3) is 4.97. The van der Waals surface area contributed by atoms with Crippen molar-refractivity contribution >= 4 is 5.91 Å². The van der Waals surface area contributed by atoms with Crippen LogP contribution in [0.5, 0.6) is 5.75 Å². The number of nitrogens with one attached hydrogen (secondary N) is 1. The van der Waals surface area contributed by atoms with E-state index in [1.54, 1.807) is 7.11 Å². The molecule has 1 heterocycles. The van der Waals surface area contributed by atoms with E-state index >= 15 is 0 Å². The molecule has 1 aromatic rings. The van der Waals surface area contributed by atoms with Gasteiger partial charge in [0.1, 0.15) is 5.75 Å². The molecule has 2 aliphatic rings. The third-order valence-corrected chi connectivity index (χ3v) is 5.95. The van der Waals surface area contributed by atoms with Crippen LogP contribution in [0.25, 0.3) is 0 Å². The third-order valence-electron chi connectivity index (χ3n) is 5.95. The second-order valence-corrected chi connectivity index (χ2v) is 7.75.